The summed E-state index contributed by atoms with van der Waals surface area (Å²) < 4.78 is 5.01. The lowest BCUT2D eigenvalue weighted by Gasteiger charge is -2.08. The first kappa shape index (κ1) is 21.7. The second-order valence-electron chi connectivity index (χ2n) is 7.89. The lowest BCUT2D eigenvalue weighted by atomic mass is 10.0. The molecule has 5 rings (SSSR count). The van der Waals surface area contributed by atoms with Gasteiger partial charge in [0.1, 0.15) is 0 Å². The Morgan fingerprint density at radius 1 is 1.00 bits per heavy atom. The molecule has 0 radical (unpaired) electrons. The molecule has 170 valence electrons. The zero-order valence-electron chi connectivity index (χ0n) is 18.1. The summed E-state index contributed by atoms with van der Waals surface area (Å²) in [6, 6.07) is 20.9. The van der Waals surface area contributed by atoms with E-state index < -0.39 is 5.91 Å². The zero-order valence-corrected chi connectivity index (χ0v) is 18.9. The first-order valence-electron chi connectivity index (χ1n) is 10.9. The number of para-hydroxylation sites is 1. The molecule has 0 saturated carbocycles. The van der Waals surface area contributed by atoms with Crippen LogP contribution < -0.4 is 10.9 Å². The first-order chi connectivity index (χ1) is 16.6. The van der Waals surface area contributed by atoms with Gasteiger partial charge in [-0.05, 0) is 60.9 Å². The Morgan fingerprint density at radius 3 is 2.74 bits per heavy atom. The second kappa shape index (κ2) is 9.41. The predicted molar refractivity (Wildman–Crippen MR) is 131 cm³/mol. The highest BCUT2D eigenvalue weighted by molar-refractivity contribution is 6.31. The van der Waals surface area contributed by atoms with Gasteiger partial charge in [-0.1, -0.05) is 35.9 Å². The van der Waals surface area contributed by atoms with Crippen LogP contribution in [0, 0.1) is 0 Å². The molecule has 0 atom stereocenters. The monoisotopic (exact) mass is 472 g/mol. The number of benzene rings is 2. The van der Waals surface area contributed by atoms with Crippen LogP contribution in [0.3, 0.4) is 0 Å². The number of pyridine rings is 1. The number of aromatic nitrogens is 2. The number of H-pyrrole nitrogens is 1. The number of carbonyl (C=O) groups is 2. The fourth-order valence-corrected chi connectivity index (χ4v) is 4.16. The summed E-state index contributed by atoms with van der Waals surface area (Å²) in [5.74, 6) is -0.666. The van der Waals surface area contributed by atoms with Crippen molar-refractivity contribution in [3.05, 3.63) is 89.3 Å². The van der Waals surface area contributed by atoms with Crippen LogP contribution in [0.1, 0.15) is 29.0 Å². The van der Waals surface area contributed by atoms with Crippen molar-refractivity contribution in [1.29, 1.82) is 0 Å². The maximum atomic E-state index is 12.3. The van der Waals surface area contributed by atoms with E-state index in [2.05, 4.69) is 21.9 Å². The molecule has 7 nitrogen and oxygen atoms in total. The summed E-state index contributed by atoms with van der Waals surface area (Å²) in [6.45, 7) is 0. The fourth-order valence-electron chi connectivity index (χ4n) is 3.99. The van der Waals surface area contributed by atoms with Gasteiger partial charge in [-0.3, -0.25) is 20.4 Å². The van der Waals surface area contributed by atoms with Gasteiger partial charge < -0.3 is 9.40 Å². The highest BCUT2D eigenvalue weighted by Crippen LogP contribution is 2.33. The number of aryl methyl sites for hydroxylation is 1. The molecule has 0 spiro atoms. The molecule has 34 heavy (non-hydrogen) atoms. The Kier molecular flexibility index (Phi) is 6.01. The standard InChI is InChI=1S/C26H21ClN4O3/c27-17-11-13-21-19(15-17)18(6-3-9-24(32)30-31-26(33)23-8-4-14-34-23)25(29-21)22-12-10-16-5-1-2-7-20(16)28-22/h1-2,4-5,7-8,10-15,29H,3,6,9H2,(H,30,32)(H,31,33). The van der Waals surface area contributed by atoms with Gasteiger partial charge in [-0.25, -0.2) is 4.98 Å². The van der Waals surface area contributed by atoms with Gasteiger partial charge in [0.25, 0.3) is 0 Å². The molecular weight excluding hydrogens is 452 g/mol. The summed E-state index contributed by atoms with van der Waals surface area (Å²) >= 11 is 6.28. The van der Waals surface area contributed by atoms with Gasteiger partial charge in [0.15, 0.2) is 5.76 Å². The van der Waals surface area contributed by atoms with Crippen LogP contribution in [0.4, 0.5) is 0 Å². The van der Waals surface area contributed by atoms with Crippen molar-refractivity contribution in [1.82, 2.24) is 20.8 Å². The molecule has 0 fully saturated rings. The molecule has 0 aliphatic heterocycles. The maximum absolute atomic E-state index is 12.3. The van der Waals surface area contributed by atoms with E-state index in [4.69, 9.17) is 21.0 Å². The molecule has 8 heteroatoms. The Morgan fingerprint density at radius 2 is 1.88 bits per heavy atom. The zero-order chi connectivity index (χ0) is 23.5. The maximum Gasteiger partial charge on any atom is 0.305 e. The number of carbonyl (C=O) groups excluding carboxylic acids is 2. The van der Waals surface area contributed by atoms with E-state index in [0.29, 0.717) is 17.9 Å². The Bertz CT molecular complexity index is 1490. The van der Waals surface area contributed by atoms with Crippen LogP contribution in [0.2, 0.25) is 5.02 Å². The number of rotatable bonds is 6. The number of nitrogens with zero attached hydrogens (tertiary/aromatic N) is 1. The largest absolute Gasteiger partial charge is 0.459 e. The van der Waals surface area contributed by atoms with E-state index >= 15 is 0 Å². The molecule has 0 bridgehead atoms. The summed E-state index contributed by atoms with van der Waals surface area (Å²) in [4.78, 5) is 32.5. The molecular formula is C26H21ClN4O3. The molecule has 2 amide bonds. The second-order valence-corrected chi connectivity index (χ2v) is 8.33. The average molecular weight is 473 g/mol. The van der Waals surface area contributed by atoms with Gasteiger partial charge in [-0.2, -0.15) is 0 Å². The molecule has 0 aliphatic carbocycles. The number of halogens is 1. The third-order valence-corrected chi connectivity index (χ3v) is 5.85. The number of furan rings is 1. The van der Waals surface area contributed by atoms with Crippen LogP contribution >= 0.6 is 11.6 Å². The minimum atomic E-state index is -0.505. The number of hydrogen-bond acceptors (Lipinski definition) is 4. The predicted octanol–water partition coefficient (Wildman–Crippen LogP) is 5.41. The van der Waals surface area contributed by atoms with Crippen molar-refractivity contribution in [2.45, 2.75) is 19.3 Å². The van der Waals surface area contributed by atoms with Crippen molar-refractivity contribution in [3.8, 4) is 11.4 Å². The van der Waals surface area contributed by atoms with Gasteiger partial charge in [-0.15, -0.1) is 0 Å². The first-order valence-corrected chi connectivity index (χ1v) is 11.3. The van der Waals surface area contributed by atoms with Crippen molar-refractivity contribution >= 4 is 45.2 Å². The smallest absolute Gasteiger partial charge is 0.305 e. The topological polar surface area (TPSA) is 100 Å². The molecule has 2 aromatic carbocycles. The highest BCUT2D eigenvalue weighted by Gasteiger charge is 2.16. The summed E-state index contributed by atoms with van der Waals surface area (Å²) in [6.07, 6.45) is 2.83. The molecule has 5 aromatic rings. The van der Waals surface area contributed by atoms with E-state index in [0.717, 1.165) is 38.8 Å². The van der Waals surface area contributed by atoms with Crippen LogP contribution in [-0.4, -0.2) is 21.8 Å². The Balaban J connectivity index is 1.34. The van der Waals surface area contributed by atoms with E-state index in [1.807, 2.05) is 48.5 Å². The minimum Gasteiger partial charge on any atom is -0.459 e. The highest BCUT2D eigenvalue weighted by atomic mass is 35.5. The van der Waals surface area contributed by atoms with E-state index in [-0.39, 0.29) is 18.1 Å². The number of hydrazine groups is 1. The lowest BCUT2D eigenvalue weighted by Crippen LogP contribution is -2.41. The van der Waals surface area contributed by atoms with Gasteiger partial charge in [0.2, 0.25) is 5.91 Å². The molecule has 3 heterocycles. The van der Waals surface area contributed by atoms with Crippen molar-refractivity contribution in [3.63, 3.8) is 0 Å². The van der Waals surface area contributed by atoms with E-state index in [1.165, 1.54) is 12.3 Å². The van der Waals surface area contributed by atoms with Gasteiger partial charge in [0.05, 0.1) is 23.2 Å². The van der Waals surface area contributed by atoms with Crippen molar-refractivity contribution in [2.75, 3.05) is 0 Å². The number of hydrogen-bond donors (Lipinski definition) is 3. The summed E-state index contributed by atoms with van der Waals surface area (Å²) in [5, 5.41) is 2.72. The molecule has 0 aliphatic rings. The molecule has 3 N–H and O–H groups in total. The fraction of sp³-hybridized carbons (Fsp3) is 0.115. The van der Waals surface area contributed by atoms with Crippen molar-refractivity contribution in [2.24, 2.45) is 0 Å². The average Bonchev–Trinajstić information content (AvgIpc) is 3.51. The lowest BCUT2D eigenvalue weighted by molar-refractivity contribution is -0.121. The summed E-state index contributed by atoms with van der Waals surface area (Å²) in [5.41, 5.74) is 9.44. The number of amides is 2. The normalized spacial score (nSPS) is 11.1. The van der Waals surface area contributed by atoms with Gasteiger partial charge in [0, 0.05) is 27.7 Å². The number of fused-ring (bicyclic) bond motifs is 2. The third-order valence-electron chi connectivity index (χ3n) is 5.61. The number of nitrogens with one attached hydrogen (secondary N) is 3. The minimum absolute atomic E-state index is 0.128. The summed E-state index contributed by atoms with van der Waals surface area (Å²) in [7, 11) is 0. The quantitative estimate of drug-likeness (QED) is 0.287. The SMILES string of the molecule is O=C(CCCc1c(-c2ccc3ccccc3n2)[nH]c2ccc(Cl)cc12)NNC(=O)c1ccco1. The Labute approximate surface area is 200 Å². The van der Waals surface area contributed by atoms with Crippen LogP contribution in [-0.2, 0) is 11.2 Å². The van der Waals surface area contributed by atoms with Crippen LogP contribution in [0.25, 0.3) is 33.2 Å². The molecule has 3 aromatic heterocycles. The molecule has 0 unspecified atom stereocenters. The van der Waals surface area contributed by atoms with Crippen LogP contribution in [0.15, 0.2) is 77.4 Å². The molecule has 0 saturated heterocycles. The third kappa shape index (κ3) is 4.51. The van der Waals surface area contributed by atoms with E-state index in [9.17, 15) is 9.59 Å². The number of aromatic amines is 1. The Hall–Kier alpha value is -4.10. The van der Waals surface area contributed by atoms with Gasteiger partial charge >= 0.3 is 5.91 Å². The van der Waals surface area contributed by atoms with E-state index in [1.54, 1.807) is 6.07 Å². The van der Waals surface area contributed by atoms with Crippen molar-refractivity contribution < 1.29 is 14.0 Å². The van der Waals surface area contributed by atoms with Crippen LogP contribution in [0.5, 0.6) is 0 Å².